The van der Waals surface area contributed by atoms with Gasteiger partial charge in [0, 0.05) is 6.07 Å². The van der Waals surface area contributed by atoms with Crippen LogP contribution in [0.4, 0.5) is 8.78 Å². The molecule has 0 heterocycles. The second-order valence-corrected chi connectivity index (χ2v) is 4.75. The molecule has 2 aromatic carbocycles. The van der Waals surface area contributed by atoms with Crippen molar-refractivity contribution in [3.05, 3.63) is 64.7 Å². The fourth-order valence-electron chi connectivity index (χ4n) is 1.82. The van der Waals surface area contributed by atoms with Crippen molar-refractivity contribution in [2.75, 3.05) is 6.61 Å². The minimum absolute atomic E-state index is 0.136. The molecule has 0 saturated carbocycles. The Hall–Kier alpha value is -1.94. The molecule has 2 rings (SSSR count). The molecule has 0 radical (unpaired) electrons. The zero-order chi connectivity index (χ0) is 14.7. The van der Waals surface area contributed by atoms with Gasteiger partial charge in [0.15, 0.2) is 11.6 Å². The zero-order valence-corrected chi connectivity index (χ0v) is 11.4. The Morgan fingerprint density at radius 1 is 1.05 bits per heavy atom. The molecule has 1 atom stereocenters. The Labute approximate surface area is 116 Å². The summed E-state index contributed by atoms with van der Waals surface area (Å²) < 4.78 is 31.5. The molecule has 0 aliphatic carbocycles. The van der Waals surface area contributed by atoms with Crippen molar-refractivity contribution in [1.29, 1.82) is 0 Å². The summed E-state index contributed by atoms with van der Waals surface area (Å²) in [5, 5.41) is 10.0. The maximum atomic E-state index is 13.4. The molecule has 0 spiro atoms. The lowest BCUT2D eigenvalue weighted by atomic mass is 10.0. The Bertz CT molecular complexity index is 611. The van der Waals surface area contributed by atoms with Crippen LogP contribution in [0.3, 0.4) is 0 Å². The predicted octanol–water partition coefficient (Wildman–Crippen LogP) is 3.69. The highest BCUT2D eigenvalue weighted by atomic mass is 19.1. The third-order valence-corrected chi connectivity index (χ3v) is 3.21. The van der Waals surface area contributed by atoms with Crippen LogP contribution in [0, 0.1) is 25.5 Å². The highest BCUT2D eigenvalue weighted by Gasteiger charge is 2.12. The van der Waals surface area contributed by atoms with Gasteiger partial charge in [0.25, 0.3) is 0 Å². The number of aliphatic hydroxyl groups is 1. The third kappa shape index (κ3) is 3.33. The van der Waals surface area contributed by atoms with Crippen LogP contribution in [0.5, 0.6) is 5.75 Å². The summed E-state index contributed by atoms with van der Waals surface area (Å²) in [4.78, 5) is 0. The second-order valence-electron chi connectivity index (χ2n) is 4.75. The van der Waals surface area contributed by atoms with Crippen molar-refractivity contribution >= 4 is 0 Å². The number of aryl methyl sites for hydroxylation is 2. The van der Waals surface area contributed by atoms with E-state index in [0.29, 0.717) is 5.56 Å². The molecule has 106 valence electrons. The molecule has 4 heteroatoms. The van der Waals surface area contributed by atoms with E-state index in [2.05, 4.69) is 0 Å². The number of hydrogen-bond acceptors (Lipinski definition) is 2. The van der Waals surface area contributed by atoms with Crippen LogP contribution in [-0.4, -0.2) is 11.7 Å². The molecular weight excluding hydrogens is 262 g/mol. The van der Waals surface area contributed by atoms with Gasteiger partial charge in [-0.3, -0.25) is 0 Å². The van der Waals surface area contributed by atoms with Crippen LogP contribution in [0.15, 0.2) is 36.4 Å². The Morgan fingerprint density at radius 2 is 1.80 bits per heavy atom. The van der Waals surface area contributed by atoms with E-state index in [-0.39, 0.29) is 12.4 Å². The molecule has 0 aliphatic heterocycles. The first-order valence-corrected chi connectivity index (χ1v) is 6.30. The van der Waals surface area contributed by atoms with Crippen molar-refractivity contribution < 1.29 is 18.6 Å². The van der Waals surface area contributed by atoms with Crippen LogP contribution >= 0.6 is 0 Å². The maximum absolute atomic E-state index is 13.4. The summed E-state index contributed by atoms with van der Waals surface area (Å²) in [6.45, 7) is 3.78. The largest absolute Gasteiger partial charge is 0.487 e. The smallest absolute Gasteiger partial charge is 0.165 e. The molecule has 20 heavy (non-hydrogen) atoms. The van der Waals surface area contributed by atoms with Gasteiger partial charge < -0.3 is 9.84 Å². The molecule has 0 aliphatic rings. The van der Waals surface area contributed by atoms with E-state index in [1.165, 1.54) is 0 Å². The van der Waals surface area contributed by atoms with E-state index in [9.17, 15) is 13.9 Å². The lowest BCUT2D eigenvalue weighted by molar-refractivity contribution is 0.105. The summed E-state index contributed by atoms with van der Waals surface area (Å²) >= 11 is 0. The van der Waals surface area contributed by atoms with E-state index in [1.807, 2.05) is 26.0 Å². The van der Waals surface area contributed by atoms with E-state index < -0.39 is 17.7 Å². The summed E-state index contributed by atoms with van der Waals surface area (Å²) in [6, 6.07) is 8.51. The molecule has 0 amide bonds. The van der Waals surface area contributed by atoms with Crippen LogP contribution in [-0.2, 0) is 0 Å². The molecule has 0 bridgehead atoms. The van der Waals surface area contributed by atoms with Crippen LogP contribution < -0.4 is 4.74 Å². The fraction of sp³-hybridized carbons (Fsp3) is 0.250. The average molecular weight is 278 g/mol. The number of aliphatic hydroxyl groups excluding tert-OH is 1. The van der Waals surface area contributed by atoms with Crippen molar-refractivity contribution in [1.82, 2.24) is 0 Å². The summed E-state index contributed by atoms with van der Waals surface area (Å²) in [5.41, 5.74) is 2.86. The minimum atomic E-state index is -0.892. The predicted molar refractivity (Wildman–Crippen MR) is 72.7 cm³/mol. The average Bonchev–Trinajstić information content (AvgIpc) is 2.42. The summed E-state index contributed by atoms with van der Waals surface area (Å²) in [6.07, 6.45) is -0.892. The van der Waals surface area contributed by atoms with Gasteiger partial charge in [0.1, 0.15) is 18.5 Å². The number of hydrogen-bond donors (Lipinski definition) is 1. The lowest BCUT2D eigenvalue weighted by Crippen LogP contribution is -2.11. The van der Waals surface area contributed by atoms with Gasteiger partial charge in [-0.2, -0.15) is 0 Å². The first-order valence-electron chi connectivity index (χ1n) is 6.30. The molecule has 2 nitrogen and oxygen atoms in total. The van der Waals surface area contributed by atoms with Crippen LogP contribution in [0.2, 0.25) is 0 Å². The molecule has 0 saturated heterocycles. The topological polar surface area (TPSA) is 29.5 Å². The fourth-order valence-corrected chi connectivity index (χ4v) is 1.82. The van der Waals surface area contributed by atoms with Gasteiger partial charge in [-0.15, -0.1) is 0 Å². The SMILES string of the molecule is Cc1ccc(C(O)COc2cc(F)ccc2F)cc1C. The molecular formula is C16H16F2O2. The van der Waals surface area contributed by atoms with E-state index >= 15 is 0 Å². The quantitative estimate of drug-likeness (QED) is 0.924. The van der Waals surface area contributed by atoms with E-state index in [0.717, 1.165) is 29.3 Å². The standard InChI is InChI=1S/C16H16F2O2/c1-10-3-4-12(7-11(10)2)15(19)9-20-16-8-13(17)5-6-14(16)18/h3-8,15,19H,9H2,1-2H3. The van der Waals surface area contributed by atoms with Gasteiger partial charge in [0.05, 0.1) is 0 Å². The first-order chi connectivity index (χ1) is 9.47. The molecule has 0 aromatic heterocycles. The Kier molecular flexibility index (Phi) is 4.35. The number of ether oxygens (including phenoxy) is 1. The van der Waals surface area contributed by atoms with Crippen molar-refractivity contribution in [2.24, 2.45) is 0 Å². The lowest BCUT2D eigenvalue weighted by Gasteiger charge is -2.14. The first kappa shape index (κ1) is 14.5. The van der Waals surface area contributed by atoms with Crippen molar-refractivity contribution in [2.45, 2.75) is 20.0 Å². The third-order valence-electron chi connectivity index (χ3n) is 3.21. The van der Waals surface area contributed by atoms with E-state index in [4.69, 9.17) is 4.74 Å². The number of halogens is 2. The normalized spacial score (nSPS) is 12.2. The van der Waals surface area contributed by atoms with Gasteiger partial charge in [-0.1, -0.05) is 18.2 Å². The molecule has 0 fully saturated rings. The number of rotatable bonds is 4. The Morgan fingerprint density at radius 3 is 2.50 bits per heavy atom. The molecule has 2 aromatic rings. The minimum Gasteiger partial charge on any atom is -0.487 e. The van der Waals surface area contributed by atoms with Gasteiger partial charge in [-0.25, -0.2) is 8.78 Å². The van der Waals surface area contributed by atoms with E-state index in [1.54, 1.807) is 6.07 Å². The zero-order valence-electron chi connectivity index (χ0n) is 11.4. The van der Waals surface area contributed by atoms with Crippen molar-refractivity contribution in [3.63, 3.8) is 0 Å². The highest BCUT2D eigenvalue weighted by molar-refractivity contribution is 5.31. The van der Waals surface area contributed by atoms with Gasteiger partial charge in [0.2, 0.25) is 0 Å². The number of benzene rings is 2. The maximum Gasteiger partial charge on any atom is 0.165 e. The van der Waals surface area contributed by atoms with Crippen LogP contribution in [0.25, 0.3) is 0 Å². The molecule has 1 unspecified atom stereocenters. The van der Waals surface area contributed by atoms with Crippen molar-refractivity contribution in [3.8, 4) is 5.75 Å². The highest BCUT2D eigenvalue weighted by Crippen LogP contribution is 2.21. The molecule has 1 N–H and O–H groups in total. The summed E-state index contributed by atoms with van der Waals surface area (Å²) in [7, 11) is 0. The van der Waals surface area contributed by atoms with Crippen LogP contribution in [0.1, 0.15) is 22.8 Å². The monoisotopic (exact) mass is 278 g/mol. The van der Waals surface area contributed by atoms with Gasteiger partial charge in [-0.05, 0) is 42.7 Å². The van der Waals surface area contributed by atoms with Gasteiger partial charge >= 0.3 is 0 Å². The second kappa shape index (κ2) is 6.01. The Balaban J connectivity index is 2.06. The summed E-state index contributed by atoms with van der Waals surface area (Å²) in [5.74, 6) is -1.44.